The quantitative estimate of drug-likeness (QED) is 0.157. The minimum Gasteiger partial charge on any atom is -0.309 e. The van der Waals surface area contributed by atoms with E-state index in [9.17, 15) is 0 Å². The van der Waals surface area contributed by atoms with Gasteiger partial charge in [0.15, 0.2) is 0 Å². The van der Waals surface area contributed by atoms with Crippen LogP contribution in [0.25, 0.3) is 54.9 Å². The van der Waals surface area contributed by atoms with E-state index >= 15 is 0 Å². The Kier molecular flexibility index (Phi) is 7.36. The lowest BCUT2D eigenvalue weighted by molar-refractivity contribution is 0.491. The van der Waals surface area contributed by atoms with Gasteiger partial charge >= 0.3 is 0 Å². The number of nitrogens with zero attached hydrogens (tertiary/aromatic N) is 1. The molecule has 8 aromatic rings. The van der Waals surface area contributed by atoms with Gasteiger partial charge in [0.2, 0.25) is 0 Å². The average Bonchev–Trinajstić information content (AvgIpc) is 3.48. The lowest BCUT2D eigenvalue weighted by atomic mass is 9.73. The molecule has 9 rings (SSSR count). The molecule has 0 N–H and O–H groups in total. The minimum absolute atomic E-state index is 0.0810. The first-order valence-corrected chi connectivity index (χ1v) is 17.9. The molecule has 1 aliphatic rings. The van der Waals surface area contributed by atoms with Crippen LogP contribution in [0.5, 0.6) is 0 Å². The summed E-state index contributed by atoms with van der Waals surface area (Å²) >= 11 is 0. The van der Waals surface area contributed by atoms with E-state index in [1.807, 2.05) is 0 Å². The zero-order chi connectivity index (χ0) is 33.7. The highest BCUT2D eigenvalue weighted by molar-refractivity contribution is 6.18. The van der Waals surface area contributed by atoms with Crippen molar-refractivity contribution in [1.82, 2.24) is 0 Å². The zero-order valence-electron chi connectivity index (χ0n) is 28.6. The third-order valence-corrected chi connectivity index (χ3v) is 11.1. The van der Waals surface area contributed by atoms with Crippen LogP contribution in [0, 0.1) is 0 Å². The van der Waals surface area contributed by atoms with Crippen molar-refractivity contribution < 1.29 is 0 Å². The maximum absolute atomic E-state index is 2.57. The van der Waals surface area contributed by atoms with Crippen molar-refractivity contribution >= 4 is 38.6 Å². The Labute approximate surface area is 295 Å². The maximum Gasteiger partial charge on any atom is 0.0622 e. The molecule has 1 aliphatic carbocycles. The molecule has 0 spiro atoms. The summed E-state index contributed by atoms with van der Waals surface area (Å²) in [6.45, 7) is 4.74. The highest BCUT2D eigenvalue weighted by Gasteiger charge is 2.43. The summed E-state index contributed by atoms with van der Waals surface area (Å²) in [4.78, 5) is 2.57. The van der Waals surface area contributed by atoms with Crippen molar-refractivity contribution in [3.8, 4) is 33.4 Å². The first-order chi connectivity index (χ1) is 24.7. The number of anilines is 3. The van der Waals surface area contributed by atoms with Gasteiger partial charge in [-0.15, -0.1) is 0 Å². The van der Waals surface area contributed by atoms with Gasteiger partial charge in [0.05, 0.1) is 11.4 Å². The maximum atomic E-state index is 2.57. The van der Waals surface area contributed by atoms with Gasteiger partial charge in [-0.3, -0.25) is 0 Å². The molecule has 50 heavy (non-hydrogen) atoms. The number of para-hydroxylation sites is 1. The molecule has 0 unspecified atom stereocenters. The summed E-state index contributed by atoms with van der Waals surface area (Å²) < 4.78 is 0. The molecule has 0 amide bonds. The Morgan fingerprint density at radius 1 is 0.440 bits per heavy atom. The summed E-state index contributed by atoms with van der Waals surface area (Å²) in [6, 6.07) is 64.9. The van der Waals surface area contributed by atoms with Gasteiger partial charge in [-0.05, 0) is 86.6 Å². The first kappa shape index (κ1) is 30.2. The van der Waals surface area contributed by atoms with Crippen molar-refractivity contribution in [2.75, 3.05) is 4.90 Å². The monoisotopic (exact) mass is 641 g/mol. The van der Waals surface area contributed by atoms with Crippen LogP contribution in [0.4, 0.5) is 17.1 Å². The number of hydrogen-bond acceptors (Lipinski definition) is 1. The van der Waals surface area contributed by atoms with Gasteiger partial charge < -0.3 is 4.90 Å². The molecule has 0 saturated heterocycles. The van der Waals surface area contributed by atoms with Crippen LogP contribution in [-0.4, -0.2) is 0 Å². The average molecular weight is 642 g/mol. The van der Waals surface area contributed by atoms with E-state index in [1.165, 1.54) is 71.7 Å². The summed E-state index contributed by atoms with van der Waals surface area (Å²) in [5.74, 6) is 0. The van der Waals surface area contributed by atoms with E-state index in [1.54, 1.807) is 0 Å². The van der Waals surface area contributed by atoms with Gasteiger partial charge in [-0.25, -0.2) is 0 Å². The van der Waals surface area contributed by atoms with E-state index in [2.05, 4.69) is 195 Å². The van der Waals surface area contributed by atoms with Gasteiger partial charge in [0, 0.05) is 27.6 Å². The van der Waals surface area contributed by atoms with Gasteiger partial charge in [0.1, 0.15) is 0 Å². The second kappa shape index (κ2) is 12.2. The van der Waals surface area contributed by atoms with E-state index in [0.717, 1.165) is 24.2 Å². The third kappa shape index (κ3) is 4.61. The molecule has 0 aliphatic heterocycles. The molecule has 1 nitrogen and oxygen atoms in total. The lowest BCUT2D eigenvalue weighted by Gasteiger charge is -2.34. The number of benzene rings is 8. The number of fused-ring (bicyclic) bond motifs is 6. The number of rotatable bonds is 7. The molecular weight excluding hydrogens is 603 g/mol. The fraction of sp³-hybridized carbons (Fsp3) is 0.102. The Morgan fingerprint density at radius 2 is 1.08 bits per heavy atom. The molecule has 0 atom stereocenters. The van der Waals surface area contributed by atoms with Crippen LogP contribution in [0.3, 0.4) is 0 Å². The molecule has 0 heterocycles. The standard InChI is InChI=1S/C49H39N/c1-3-49(4-2)44-27-17-16-26-42(44)47-45(49)33-43-39-25-15-14-22-36(39)28-31-41(43)48(47)50(38-23-12-7-13-24-38)46-32-37(34-18-8-5-9-19-34)29-30-40(46)35-20-10-6-11-21-35/h5-33H,3-4H2,1-2H3. The number of hydrogen-bond donors (Lipinski definition) is 0. The Balaban J connectivity index is 1.48. The van der Waals surface area contributed by atoms with Crippen molar-refractivity contribution in [2.24, 2.45) is 0 Å². The zero-order valence-corrected chi connectivity index (χ0v) is 28.6. The van der Waals surface area contributed by atoms with Crippen LogP contribution in [0.1, 0.15) is 37.8 Å². The summed E-state index contributed by atoms with van der Waals surface area (Å²) in [5.41, 5.74) is 13.8. The van der Waals surface area contributed by atoms with Crippen molar-refractivity contribution in [3.05, 3.63) is 187 Å². The second-order valence-electron chi connectivity index (χ2n) is 13.5. The van der Waals surface area contributed by atoms with Gasteiger partial charge in [-0.1, -0.05) is 166 Å². The van der Waals surface area contributed by atoms with Crippen LogP contribution in [0.2, 0.25) is 0 Å². The molecule has 0 saturated carbocycles. The fourth-order valence-corrected chi connectivity index (χ4v) is 8.65. The van der Waals surface area contributed by atoms with E-state index < -0.39 is 0 Å². The Hall–Kier alpha value is -5.92. The van der Waals surface area contributed by atoms with Crippen molar-refractivity contribution in [3.63, 3.8) is 0 Å². The van der Waals surface area contributed by atoms with E-state index in [0.29, 0.717) is 0 Å². The third-order valence-electron chi connectivity index (χ3n) is 11.1. The van der Waals surface area contributed by atoms with Crippen LogP contribution >= 0.6 is 0 Å². The predicted octanol–water partition coefficient (Wildman–Crippen LogP) is 13.9. The van der Waals surface area contributed by atoms with E-state index in [-0.39, 0.29) is 5.41 Å². The predicted molar refractivity (Wildman–Crippen MR) is 214 cm³/mol. The van der Waals surface area contributed by atoms with Crippen molar-refractivity contribution in [1.29, 1.82) is 0 Å². The molecule has 0 radical (unpaired) electrons. The van der Waals surface area contributed by atoms with Crippen LogP contribution < -0.4 is 4.90 Å². The van der Waals surface area contributed by atoms with Gasteiger partial charge in [-0.2, -0.15) is 0 Å². The smallest absolute Gasteiger partial charge is 0.0622 e. The second-order valence-corrected chi connectivity index (χ2v) is 13.5. The lowest BCUT2D eigenvalue weighted by Crippen LogP contribution is -2.23. The molecule has 0 fully saturated rings. The molecule has 0 aromatic heterocycles. The first-order valence-electron chi connectivity index (χ1n) is 17.9. The fourth-order valence-electron chi connectivity index (χ4n) is 8.65. The highest BCUT2D eigenvalue weighted by Crippen LogP contribution is 2.60. The molecular formula is C49H39N. The normalized spacial score (nSPS) is 12.9. The topological polar surface area (TPSA) is 3.24 Å². The van der Waals surface area contributed by atoms with Crippen LogP contribution in [-0.2, 0) is 5.41 Å². The SMILES string of the molecule is CCC1(CC)c2ccccc2-c2c1cc1c(ccc3ccccc31)c2N(c1ccccc1)c1cc(-c2ccccc2)ccc1-c1ccccc1. The molecule has 240 valence electrons. The summed E-state index contributed by atoms with van der Waals surface area (Å²) in [6.07, 6.45) is 2.07. The van der Waals surface area contributed by atoms with Crippen molar-refractivity contribution in [2.45, 2.75) is 32.1 Å². The minimum atomic E-state index is -0.0810. The Bertz CT molecular complexity index is 2490. The summed E-state index contributed by atoms with van der Waals surface area (Å²) in [5, 5.41) is 5.12. The largest absolute Gasteiger partial charge is 0.309 e. The molecule has 0 bridgehead atoms. The van der Waals surface area contributed by atoms with Crippen LogP contribution in [0.15, 0.2) is 176 Å². The Morgan fingerprint density at radius 3 is 1.82 bits per heavy atom. The summed E-state index contributed by atoms with van der Waals surface area (Å²) in [7, 11) is 0. The van der Waals surface area contributed by atoms with E-state index in [4.69, 9.17) is 0 Å². The highest BCUT2D eigenvalue weighted by atomic mass is 15.2. The van der Waals surface area contributed by atoms with Gasteiger partial charge in [0.25, 0.3) is 0 Å². The molecule has 1 heteroatoms. The molecule has 8 aromatic carbocycles.